The molecule has 0 heteroatoms. The molecule has 0 nitrogen and oxygen atoms in total. The molecule has 1 aromatic rings. The fourth-order valence-electron chi connectivity index (χ4n) is 0.945. The molecule has 0 saturated heterocycles. The van der Waals surface area contributed by atoms with Crippen molar-refractivity contribution in [3.8, 4) is 0 Å². The van der Waals surface area contributed by atoms with Gasteiger partial charge in [0.25, 0.3) is 0 Å². The van der Waals surface area contributed by atoms with Gasteiger partial charge in [-0.05, 0) is 12.0 Å². The molecule has 0 radical (unpaired) electrons. The van der Waals surface area contributed by atoms with Crippen LogP contribution in [0.1, 0.15) is 18.9 Å². The predicted octanol–water partition coefficient (Wildman–Crippen LogP) is 3.67. The summed E-state index contributed by atoms with van der Waals surface area (Å²) in [4.78, 5) is 0. The quantitative estimate of drug-likeness (QED) is 0.589. The second kappa shape index (κ2) is 5.36. The molecule has 0 aliphatic carbocycles. The summed E-state index contributed by atoms with van der Waals surface area (Å²) in [5.74, 6) is 0. The van der Waals surface area contributed by atoms with Gasteiger partial charge in [-0.25, -0.2) is 0 Å². The summed E-state index contributed by atoms with van der Waals surface area (Å²) in [6, 6.07) is 10.3. The average Bonchev–Trinajstić information content (AvgIpc) is 2.14. The van der Waals surface area contributed by atoms with E-state index in [-0.39, 0.29) is 0 Å². The molecular formula is C12H14. The minimum Gasteiger partial charge on any atom is -0.0848 e. The van der Waals surface area contributed by atoms with Crippen LogP contribution in [0.2, 0.25) is 0 Å². The molecule has 1 aromatic carbocycles. The molecule has 0 bridgehead atoms. The standard InChI is InChI=1S/C12H14/c1-2-3-4-6-9-12-10-7-5-8-11-12/h3-11H,2H2,1H3/b4-3+,9-6?. The van der Waals surface area contributed by atoms with E-state index in [4.69, 9.17) is 0 Å². The molecule has 0 aliphatic rings. The summed E-state index contributed by atoms with van der Waals surface area (Å²) in [6.45, 7) is 2.13. The molecule has 62 valence electrons. The van der Waals surface area contributed by atoms with Crippen molar-refractivity contribution in [2.75, 3.05) is 0 Å². The zero-order valence-electron chi connectivity index (χ0n) is 7.40. The van der Waals surface area contributed by atoms with Gasteiger partial charge < -0.3 is 0 Å². The molecule has 0 amide bonds. The van der Waals surface area contributed by atoms with Crippen molar-refractivity contribution < 1.29 is 0 Å². The topological polar surface area (TPSA) is 0 Å². The van der Waals surface area contributed by atoms with Crippen LogP contribution in [0.15, 0.2) is 48.6 Å². The first-order valence-electron chi connectivity index (χ1n) is 4.31. The van der Waals surface area contributed by atoms with E-state index in [0.717, 1.165) is 6.42 Å². The van der Waals surface area contributed by atoms with Crippen molar-refractivity contribution in [3.05, 3.63) is 54.1 Å². The third kappa shape index (κ3) is 3.20. The third-order valence-corrected chi connectivity index (χ3v) is 1.57. The Kier molecular flexibility index (Phi) is 3.93. The van der Waals surface area contributed by atoms with Gasteiger partial charge in [-0.3, -0.25) is 0 Å². The number of benzene rings is 1. The van der Waals surface area contributed by atoms with Crippen LogP contribution in [0.5, 0.6) is 0 Å². The van der Waals surface area contributed by atoms with E-state index in [1.807, 2.05) is 18.2 Å². The smallest absolute Gasteiger partial charge is 0.0257 e. The van der Waals surface area contributed by atoms with Crippen molar-refractivity contribution in [1.29, 1.82) is 0 Å². The Morgan fingerprint density at radius 1 is 1.08 bits per heavy atom. The van der Waals surface area contributed by atoms with E-state index in [2.05, 4.69) is 43.4 Å². The maximum absolute atomic E-state index is 2.14. The lowest BCUT2D eigenvalue weighted by molar-refractivity contribution is 1.22. The molecular weight excluding hydrogens is 144 g/mol. The number of allylic oxidation sites excluding steroid dienone is 3. The van der Waals surface area contributed by atoms with Gasteiger partial charge in [0.15, 0.2) is 0 Å². The summed E-state index contributed by atoms with van der Waals surface area (Å²) in [5.41, 5.74) is 1.25. The van der Waals surface area contributed by atoms with Crippen molar-refractivity contribution in [2.45, 2.75) is 13.3 Å². The second-order valence-corrected chi connectivity index (χ2v) is 2.61. The number of hydrogen-bond donors (Lipinski definition) is 0. The Hall–Kier alpha value is -1.30. The normalized spacial score (nSPS) is 11.4. The largest absolute Gasteiger partial charge is 0.0848 e. The van der Waals surface area contributed by atoms with E-state index >= 15 is 0 Å². The van der Waals surface area contributed by atoms with Gasteiger partial charge in [0, 0.05) is 0 Å². The van der Waals surface area contributed by atoms with Crippen LogP contribution < -0.4 is 0 Å². The molecule has 0 heterocycles. The highest BCUT2D eigenvalue weighted by Gasteiger charge is 1.78. The zero-order valence-corrected chi connectivity index (χ0v) is 7.40. The second-order valence-electron chi connectivity index (χ2n) is 2.61. The van der Waals surface area contributed by atoms with Gasteiger partial charge in [0.05, 0.1) is 0 Å². The van der Waals surface area contributed by atoms with E-state index < -0.39 is 0 Å². The van der Waals surface area contributed by atoms with Crippen molar-refractivity contribution in [3.63, 3.8) is 0 Å². The van der Waals surface area contributed by atoms with E-state index in [9.17, 15) is 0 Å². The highest BCUT2D eigenvalue weighted by Crippen LogP contribution is 2.00. The van der Waals surface area contributed by atoms with E-state index in [1.54, 1.807) is 0 Å². The molecule has 1 rings (SSSR count). The van der Waals surface area contributed by atoms with Gasteiger partial charge in [0.1, 0.15) is 0 Å². The highest BCUT2D eigenvalue weighted by atomic mass is 13.8. The monoisotopic (exact) mass is 158 g/mol. The van der Waals surface area contributed by atoms with Crippen LogP contribution in [-0.4, -0.2) is 0 Å². The molecule has 12 heavy (non-hydrogen) atoms. The fourth-order valence-corrected chi connectivity index (χ4v) is 0.945. The summed E-state index contributed by atoms with van der Waals surface area (Å²) in [6.07, 6.45) is 9.48. The Morgan fingerprint density at radius 3 is 2.50 bits per heavy atom. The van der Waals surface area contributed by atoms with Gasteiger partial charge in [-0.2, -0.15) is 0 Å². The Morgan fingerprint density at radius 2 is 1.83 bits per heavy atom. The van der Waals surface area contributed by atoms with Crippen LogP contribution in [-0.2, 0) is 0 Å². The average molecular weight is 158 g/mol. The molecule has 0 aromatic heterocycles. The fraction of sp³-hybridized carbons (Fsp3) is 0.167. The van der Waals surface area contributed by atoms with E-state index in [0.29, 0.717) is 0 Å². The summed E-state index contributed by atoms with van der Waals surface area (Å²) >= 11 is 0. The maximum atomic E-state index is 2.14. The molecule has 0 saturated carbocycles. The molecule has 0 N–H and O–H groups in total. The lowest BCUT2D eigenvalue weighted by Crippen LogP contribution is -1.66. The predicted molar refractivity (Wildman–Crippen MR) is 54.9 cm³/mol. The van der Waals surface area contributed by atoms with Gasteiger partial charge in [-0.1, -0.05) is 61.6 Å². The first-order chi connectivity index (χ1) is 5.93. The van der Waals surface area contributed by atoms with Crippen LogP contribution in [0.4, 0.5) is 0 Å². The molecule has 0 aliphatic heterocycles. The minimum atomic E-state index is 1.10. The van der Waals surface area contributed by atoms with Gasteiger partial charge in [0.2, 0.25) is 0 Å². The summed E-state index contributed by atoms with van der Waals surface area (Å²) < 4.78 is 0. The van der Waals surface area contributed by atoms with Crippen molar-refractivity contribution in [1.82, 2.24) is 0 Å². The maximum Gasteiger partial charge on any atom is -0.0257 e. The van der Waals surface area contributed by atoms with Gasteiger partial charge in [-0.15, -0.1) is 0 Å². The molecule has 0 atom stereocenters. The van der Waals surface area contributed by atoms with Gasteiger partial charge >= 0.3 is 0 Å². The Labute approximate surface area is 74.2 Å². The minimum absolute atomic E-state index is 1.10. The number of hydrogen-bond acceptors (Lipinski definition) is 0. The lowest BCUT2D eigenvalue weighted by atomic mass is 10.2. The highest BCUT2D eigenvalue weighted by molar-refractivity contribution is 5.50. The van der Waals surface area contributed by atoms with Crippen molar-refractivity contribution in [2.24, 2.45) is 0 Å². The first-order valence-corrected chi connectivity index (χ1v) is 4.31. The molecule has 0 fully saturated rings. The van der Waals surface area contributed by atoms with Crippen LogP contribution in [0.3, 0.4) is 0 Å². The third-order valence-electron chi connectivity index (χ3n) is 1.57. The van der Waals surface area contributed by atoms with Crippen LogP contribution >= 0.6 is 0 Å². The van der Waals surface area contributed by atoms with Crippen molar-refractivity contribution >= 4 is 6.08 Å². The Bertz CT molecular complexity index is 255. The number of rotatable bonds is 3. The summed E-state index contributed by atoms with van der Waals surface area (Å²) in [7, 11) is 0. The van der Waals surface area contributed by atoms with E-state index in [1.165, 1.54) is 5.56 Å². The zero-order chi connectivity index (χ0) is 8.65. The van der Waals surface area contributed by atoms with Crippen LogP contribution in [0, 0.1) is 0 Å². The molecule has 0 spiro atoms. The van der Waals surface area contributed by atoms with Crippen LogP contribution in [0.25, 0.3) is 6.08 Å². The molecule has 0 unspecified atom stereocenters. The SMILES string of the molecule is CC/C=C/C=Cc1ccccc1. The lowest BCUT2D eigenvalue weighted by Gasteiger charge is -1.87. The summed E-state index contributed by atoms with van der Waals surface area (Å²) in [5, 5.41) is 0. The first kappa shape index (κ1) is 8.79. The Balaban J connectivity index is 2.52.